The van der Waals surface area contributed by atoms with Crippen LogP contribution in [0.1, 0.15) is 0 Å². The molecule has 0 saturated heterocycles. The molecule has 96 valence electrons. The van der Waals surface area contributed by atoms with Crippen molar-refractivity contribution in [2.75, 3.05) is 0 Å². The van der Waals surface area contributed by atoms with Gasteiger partial charge in [-0.1, -0.05) is 10.3 Å². The van der Waals surface area contributed by atoms with Gasteiger partial charge in [0.05, 0.1) is 10.9 Å². The Hall–Kier alpha value is -3.52. The molecule has 0 unspecified atom stereocenters. The van der Waals surface area contributed by atoms with Gasteiger partial charge in [0.2, 0.25) is 5.82 Å². The van der Waals surface area contributed by atoms with Gasteiger partial charge in [-0.15, -0.1) is 30.9 Å². The number of nitro groups is 1. The number of hydrogen-bond acceptors (Lipinski definition) is 11. The Morgan fingerprint density at radius 1 is 1.21 bits per heavy atom. The molecule has 0 aliphatic heterocycles. The average molecular weight is 265 g/mol. The lowest BCUT2D eigenvalue weighted by molar-refractivity contribution is -0.419. The molecule has 0 amide bonds. The Morgan fingerprint density at radius 3 is 2.68 bits per heavy atom. The fraction of sp³-hybridized carbons (Fsp3) is 0. The molecule has 0 atom stereocenters. The maximum Gasteiger partial charge on any atom is 0.308 e. The van der Waals surface area contributed by atoms with Crippen LogP contribution in [0.5, 0.6) is 0 Å². The van der Waals surface area contributed by atoms with E-state index in [1.807, 2.05) is 0 Å². The summed E-state index contributed by atoms with van der Waals surface area (Å²) < 4.78 is 4.19. The quantitative estimate of drug-likeness (QED) is 0.422. The standard InChI is InChI=1S/C4HN12O3/c17-16(18)11-3-2(12-19-13-3)7-14-15-10-4-8-5-1-6-9-4/h1H/q-1/b14-7?,15-10+. The molecule has 19 heavy (non-hydrogen) atoms. The molecule has 15 heteroatoms. The van der Waals surface area contributed by atoms with Gasteiger partial charge in [0.15, 0.2) is 6.33 Å². The Labute approximate surface area is 101 Å². The van der Waals surface area contributed by atoms with Crippen molar-refractivity contribution in [1.82, 2.24) is 30.7 Å². The van der Waals surface area contributed by atoms with Crippen LogP contribution >= 0.6 is 0 Å². The van der Waals surface area contributed by atoms with Crippen molar-refractivity contribution >= 4 is 17.6 Å². The smallest absolute Gasteiger partial charge is 0.308 e. The van der Waals surface area contributed by atoms with Crippen molar-refractivity contribution in [3.05, 3.63) is 21.9 Å². The Bertz CT molecular complexity index is 604. The molecule has 0 spiro atoms. The molecular weight excluding hydrogens is 264 g/mol. The van der Waals surface area contributed by atoms with Crippen LogP contribution in [0.3, 0.4) is 0 Å². The predicted octanol–water partition coefficient (Wildman–Crippen LogP) is 0.629. The van der Waals surface area contributed by atoms with Crippen LogP contribution in [0.25, 0.3) is 5.43 Å². The maximum absolute atomic E-state index is 10.1. The van der Waals surface area contributed by atoms with Crippen LogP contribution in [0.15, 0.2) is 31.6 Å². The highest BCUT2D eigenvalue weighted by Gasteiger charge is 2.04. The van der Waals surface area contributed by atoms with Crippen molar-refractivity contribution in [2.45, 2.75) is 0 Å². The topological polar surface area (TPSA) is 197 Å². The molecule has 2 aromatic heterocycles. The van der Waals surface area contributed by atoms with Crippen LogP contribution in [-0.4, -0.2) is 35.7 Å². The molecule has 2 rings (SSSR count). The zero-order chi connectivity index (χ0) is 13.5. The number of hydrogen-bond donors (Lipinski definition) is 0. The number of nitrogens with zero attached hydrogens (tertiary/aromatic N) is 12. The highest BCUT2D eigenvalue weighted by molar-refractivity contribution is 5.54. The van der Waals surface area contributed by atoms with E-state index in [4.69, 9.17) is 0 Å². The summed E-state index contributed by atoms with van der Waals surface area (Å²) in [6, 6.07) is 0. The van der Waals surface area contributed by atoms with E-state index in [0.29, 0.717) is 0 Å². The third kappa shape index (κ3) is 3.47. The SMILES string of the molecule is O=[N+]([O-])[N-]c1nonc1N=N/N=N/c1nncnn1. The fourth-order valence-electron chi connectivity index (χ4n) is 0.743. The van der Waals surface area contributed by atoms with Gasteiger partial charge in [-0.3, -0.25) is 10.1 Å². The van der Waals surface area contributed by atoms with Crippen LogP contribution < -0.4 is 0 Å². The summed E-state index contributed by atoms with van der Waals surface area (Å²) >= 11 is 0. The molecule has 2 aromatic rings. The van der Waals surface area contributed by atoms with Gasteiger partial charge >= 0.3 is 5.95 Å². The normalized spacial score (nSPS) is 11.2. The van der Waals surface area contributed by atoms with E-state index in [1.54, 1.807) is 0 Å². The summed E-state index contributed by atoms with van der Waals surface area (Å²) in [4.78, 5) is 10.1. The van der Waals surface area contributed by atoms with Crippen molar-refractivity contribution in [2.24, 2.45) is 20.7 Å². The van der Waals surface area contributed by atoms with Crippen LogP contribution in [0, 0.1) is 10.1 Å². The second-order valence-electron chi connectivity index (χ2n) is 2.47. The lowest BCUT2D eigenvalue weighted by Gasteiger charge is -1.95. The highest BCUT2D eigenvalue weighted by Crippen LogP contribution is 2.26. The first kappa shape index (κ1) is 12.0. The van der Waals surface area contributed by atoms with Crippen LogP contribution in [-0.2, 0) is 0 Å². The van der Waals surface area contributed by atoms with Gasteiger partial charge in [-0.2, -0.15) is 0 Å². The fourth-order valence-corrected chi connectivity index (χ4v) is 0.743. The third-order valence-electron chi connectivity index (χ3n) is 1.34. The van der Waals surface area contributed by atoms with Gasteiger partial charge in [-0.05, 0) is 10.4 Å². The van der Waals surface area contributed by atoms with E-state index in [-0.39, 0.29) is 11.8 Å². The summed E-state index contributed by atoms with van der Waals surface area (Å²) in [5.41, 5.74) is 2.84. The lowest BCUT2D eigenvalue weighted by atomic mass is 10.7. The summed E-state index contributed by atoms with van der Waals surface area (Å²) in [5.74, 6) is -0.931. The van der Waals surface area contributed by atoms with Crippen LogP contribution in [0.4, 0.5) is 17.6 Å². The van der Waals surface area contributed by atoms with Gasteiger partial charge in [0.25, 0.3) is 0 Å². The first-order chi connectivity index (χ1) is 9.25. The molecule has 0 N–H and O–H groups in total. The summed E-state index contributed by atoms with van der Waals surface area (Å²) in [6.45, 7) is 0. The maximum atomic E-state index is 10.1. The molecule has 0 aliphatic carbocycles. The van der Waals surface area contributed by atoms with E-state index in [2.05, 4.69) is 61.4 Å². The second-order valence-corrected chi connectivity index (χ2v) is 2.47. The molecule has 0 radical (unpaired) electrons. The highest BCUT2D eigenvalue weighted by atomic mass is 16.7. The molecule has 0 bridgehead atoms. The van der Waals surface area contributed by atoms with E-state index in [0.717, 1.165) is 6.33 Å². The predicted molar refractivity (Wildman–Crippen MR) is 51.0 cm³/mol. The van der Waals surface area contributed by atoms with Gasteiger partial charge in [0.1, 0.15) is 0 Å². The Balaban J connectivity index is 2.01. The van der Waals surface area contributed by atoms with E-state index < -0.39 is 10.9 Å². The lowest BCUT2D eigenvalue weighted by Crippen LogP contribution is -1.86. The van der Waals surface area contributed by atoms with Gasteiger partial charge in [-0.25, -0.2) is 5.16 Å². The molecule has 15 nitrogen and oxygen atoms in total. The summed E-state index contributed by atoms with van der Waals surface area (Å²) in [5, 5.41) is 42.2. The molecule has 0 aliphatic rings. The summed E-state index contributed by atoms with van der Waals surface area (Å²) in [6.07, 6.45) is 1.10. The van der Waals surface area contributed by atoms with E-state index >= 15 is 0 Å². The molecular formula is C4HN12O3-. The van der Waals surface area contributed by atoms with Crippen molar-refractivity contribution in [3.8, 4) is 0 Å². The van der Waals surface area contributed by atoms with Crippen molar-refractivity contribution in [1.29, 1.82) is 0 Å². The van der Waals surface area contributed by atoms with E-state index in [9.17, 15) is 10.1 Å². The Kier molecular flexibility index (Phi) is 3.59. The molecule has 0 saturated carbocycles. The number of rotatable bonds is 5. The minimum atomic E-state index is -0.991. The van der Waals surface area contributed by atoms with Gasteiger partial charge in [0, 0.05) is 0 Å². The minimum absolute atomic E-state index is 0.144. The Morgan fingerprint density at radius 2 is 1.95 bits per heavy atom. The summed E-state index contributed by atoms with van der Waals surface area (Å²) in [7, 11) is 0. The van der Waals surface area contributed by atoms with Crippen molar-refractivity contribution < 1.29 is 9.66 Å². The molecule has 0 fully saturated rings. The first-order valence-corrected chi connectivity index (χ1v) is 4.26. The molecule has 0 aromatic carbocycles. The average Bonchev–Trinajstić information content (AvgIpc) is 2.82. The largest absolute Gasteiger partial charge is 0.346 e. The zero-order valence-electron chi connectivity index (χ0n) is 8.67. The zero-order valence-corrected chi connectivity index (χ0v) is 8.67. The van der Waals surface area contributed by atoms with Crippen molar-refractivity contribution in [3.63, 3.8) is 0 Å². The van der Waals surface area contributed by atoms with Gasteiger partial charge < -0.3 is 4.63 Å². The third-order valence-corrected chi connectivity index (χ3v) is 1.34. The number of aromatic nitrogens is 6. The minimum Gasteiger partial charge on any atom is -0.346 e. The van der Waals surface area contributed by atoms with E-state index in [1.165, 1.54) is 0 Å². The monoisotopic (exact) mass is 265 g/mol. The second kappa shape index (κ2) is 5.70. The first-order valence-electron chi connectivity index (χ1n) is 4.26. The van der Waals surface area contributed by atoms with Crippen LogP contribution in [0.2, 0.25) is 0 Å². The molecule has 2 heterocycles.